The van der Waals surface area contributed by atoms with Gasteiger partial charge in [-0.2, -0.15) is 0 Å². The molecule has 0 amide bonds. The summed E-state index contributed by atoms with van der Waals surface area (Å²) in [5.74, 6) is 0. The van der Waals surface area contributed by atoms with Gasteiger partial charge in [0.25, 0.3) is 0 Å². The molecule has 3 rings (SSSR count). The van der Waals surface area contributed by atoms with E-state index in [-0.39, 0.29) is 6.10 Å². The van der Waals surface area contributed by atoms with E-state index >= 15 is 0 Å². The molecule has 0 aliphatic carbocycles. The zero-order chi connectivity index (χ0) is 17.3. The maximum atomic E-state index is 13.5. The Morgan fingerprint density at radius 2 is 1.75 bits per heavy atom. The van der Waals surface area contributed by atoms with Crippen molar-refractivity contribution in [3.05, 3.63) is 30.3 Å². The number of hydrogen-bond donors (Lipinski definition) is 0. The zero-order valence-electron chi connectivity index (χ0n) is 14.3. The van der Waals surface area contributed by atoms with E-state index in [1.165, 1.54) is 0 Å². The topological polar surface area (TPSA) is 66.5 Å². The number of benzene rings is 1. The van der Waals surface area contributed by atoms with Crippen LogP contribution in [-0.4, -0.2) is 70.3 Å². The number of nitrogens with zero attached hydrogens (tertiary/aromatic N) is 1. The van der Waals surface area contributed by atoms with Gasteiger partial charge in [-0.05, 0) is 19.2 Å². The molecule has 1 aromatic carbocycles. The second kappa shape index (κ2) is 7.22. The van der Waals surface area contributed by atoms with E-state index in [4.69, 9.17) is 23.5 Å². The summed E-state index contributed by atoms with van der Waals surface area (Å²) in [6.07, 6.45) is -2.29. The minimum Gasteiger partial charge on any atom is -0.376 e. The Kier molecular flexibility index (Phi) is 5.42. The first-order chi connectivity index (χ1) is 11.5. The SMILES string of the molecule is CO[C@H]1O[C@@H]2CN(C)[P@](=O)(c3ccccc3)O[C@H]2[C@H](OC)[C@H]1OC. The van der Waals surface area contributed by atoms with Crippen LogP contribution in [0.2, 0.25) is 0 Å². The Hall–Kier alpha value is -0.790. The van der Waals surface area contributed by atoms with Crippen molar-refractivity contribution >= 4 is 12.8 Å². The smallest absolute Gasteiger partial charge is 0.302 e. The third-order valence-corrected chi connectivity index (χ3v) is 7.15. The lowest BCUT2D eigenvalue weighted by Gasteiger charge is -2.50. The fraction of sp³-hybridized carbons (Fsp3) is 0.625. The molecule has 0 radical (unpaired) electrons. The second-order valence-electron chi connectivity index (χ2n) is 5.95. The van der Waals surface area contributed by atoms with E-state index in [0.717, 1.165) is 0 Å². The molecule has 0 aromatic heterocycles. The van der Waals surface area contributed by atoms with Crippen LogP contribution in [0.15, 0.2) is 30.3 Å². The van der Waals surface area contributed by atoms with Crippen molar-refractivity contribution < 1.29 is 28.0 Å². The number of hydrogen-bond acceptors (Lipinski definition) is 6. The Bertz CT molecular complexity index is 599. The molecule has 0 bridgehead atoms. The van der Waals surface area contributed by atoms with Gasteiger partial charge in [-0.3, -0.25) is 4.57 Å². The molecule has 7 nitrogen and oxygen atoms in total. The summed E-state index contributed by atoms with van der Waals surface area (Å²) < 4.78 is 43.8. The standard InChI is InChI=1S/C16H24NO6P/c1-17-10-12-13(14(19-2)15(20-3)16(21-4)22-12)23-24(17,18)11-8-6-5-7-9-11/h5-9,12-16H,10H2,1-4H3/t12-,13-,14+,15-,16+,24+/m1/s1. The highest BCUT2D eigenvalue weighted by Gasteiger charge is 2.54. The first-order valence-electron chi connectivity index (χ1n) is 7.84. The third-order valence-electron chi connectivity index (χ3n) is 4.61. The van der Waals surface area contributed by atoms with Gasteiger partial charge in [0.1, 0.15) is 24.4 Å². The maximum absolute atomic E-state index is 13.5. The molecule has 134 valence electrons. The van der Waals surface area contributed by atoms with E-state index in [2.05, 4.69) is 0 Å². The Morgan fingerprint density at radius 3 is 2.33 bits per heavy atom. The van der Waals surface area contributed by atoms with Crippen LogP contribution in [0.25, 0.3) is 0 Å². The Morgan fingerprint density at radius 1 is 1.08 bits per heavy atom. The summed E-state index contributed by atoms with van der Waals surface area (Å²) in [7, 11) is 3.31. The first kappa shape index (κ1) is 18.0. The lowest BCUT2D eigenvalue weighted by molar-refractivity contribution is -0.299. The van der Waals surface area contributed by atoms with Crippen LogP contribution in [0.1, 0.15) is 0 Å². The predicted octanol–water partition coefficient (Wildman–Crippen LogP) is 1.24. The Labute approximate surface area is 142 Å². The molecule has 1 aromatic rings. The molecule has 0 spiro atoms. The van der Waals surface area contributed by atoms with Crippen molar-refractivity contribution in [2.24, 2.45) is 0 Å². The average molecular weight is 357 g/mol. The fourth-order valence-electron chi connectivity index (χ4n) is 3.35. The van der Waals surface area contributed by atoms with Crippen molar-refractivity contribution in [3.8, 4) is 0 Å². The monoisotopic (exact) mass is 357 g/mol. The van der Waals surface area contributed by atoms with Gasteiger partial charge < -0.3 is 23.5 Å². The quantitative estimate of drug-likeness (QED) is 0.751. The minimum atomic E-state index is -3.18. The summed E-state index contributed by atoms with van der Waals surface area (Å²) >= 11 is 0. The molecule has 2 aliphatic rings. The van der Waals surface area contributed by atoms with Crippen LogP contribution in [0.4, 0.5) is 0 Å². The summed E-state index contributed by atoms with van der Waals surface area (Å²) in [6, 6.07) is 9.21. The van der Waals surface area contributed by atoms with Gasteiger partial charge in [0, 0.05) is 27.9 Å². The highest BCUT2D eigenvalue weighted by molar-refractivity contribution is 7.64. The van der Waals surface area contributed by atoms with E-state index in [9.17, 15) is 4.57 Å². The van der Waals surface area contributed by atoms with Gasteiger partial charge in [0.15, 0.2) is 6.29 Å². The zero-order valence-corrected chi connectivity index (χ0v) is 15.2. The van der Waals surface area contributed by atoms with Gasteiger partial charge in [0.05, 0.1) is 5.30 Å². The fourth-order valence-corrected chi connectivity index (χ4v) is 5.53. The van der Waals surface area contributed by atoms with Crippen LogP contribution in [-0.2, 0) is 28.0 Å². The number of ether oxygens (including phenoxy) is 4. The van der Waals surface area contributed by atoms with Crippen molar-refractivity contribution in [2.75, 3.05) is 34.9 Å². The highest BCUT2D eigenvalue weighted by Crippen LogP contribution is 2.55. The van der Waals surface area contributed by atoms with Gasteiger partial charge in [-0.15, -0.1) is 0 Å². The summed E-state index contributed by atoms with van der Waals surface area (Å²) in [5, 5.41) is 0.656. The largest absolute Gasteiger partial charge is 0.376 e. The molecule has 2 heterocycles. The molecule has 6 atom stereocenters. The molecular weight excluding hydrogens is 333 g/mol. The molecule has 2 aliphatic heterocycles. The van der Waals surface area contributed by atoms with Gasteiger partial charge in [0.2, 0.25) is 0 Å². The summed E-state index contributed by atoms with van der Waals surface area (Å²) in [6.45, 7) is 0.451. The normalized spacial score (nSPS) is 40.2. The lowest BCUT2D eigenvalue weighted by Crippen LogP contribution is -2.64. The number of likely N-dealkylation sites (N-methyl/N-ethyl adjacent to an activating group) is 1. The third kappa shape index (κ3) is 2.95. The second-order valence-corrected chi connectivity index (χ2v) is 8.40. The van der Waals surface area contributed by atoms with E-state index in [1.807, 2.05) is 30.3 Å². The first-order valence-corrected chi connectivity index (χ1v) is 9.42. The van der Waals surface area contributed by atoms with Gasteiger partial charge in [-0.25, -0.2) is 4.67 Å². The lowest BCUT2D eigenvalue weighted by atomic mass is 9.98. The van der Waals surface area contributed by atoms with E-state index in [1.54, 1.807) is 33.0 Å². The number of rotatable bonds is 4. The van der Waals surface area contributed by atoms with Crippen molar-refractivity contribution in [1.82, 2.24) is 4.67 Å². The molecular formula is C16H24NO6P. The van der Waals surface area contributed by atoms with Gasteiger partial charge >= 0.3 is 7.52 Å². The van der Waals surface area contributed by atoms with Crippen molar-refractivity contribution in [3.63, 3.8) is 0 Å². The predicted molar refractivity (Wildman–Crippen MR) is 88.4 cm³/mol. The number of methoxy groups -OCH3 is 3. The molecule has 0 saturated carbocycles. The van der Waals surface area contributed by atoms with Crippen molar-refractivity contribution in [1.29, 1.82) is 0 Å². The van der Waals surface area contributed by atoms with Gasteiger partial charge in [-0.1, -0.05) is 18.2 Å². The van der Waals surface area contributed by atoms with Crippen LogP contribution in [0, 0.1) is 0 Å². The average Bonchev–Trinajstić information content (AvgIpc) is 2.62. The van der Waals surface area contributed by atoms with Crippen LogP contribution >= 0.6 is 7.52 Å². The molecule has 0 unspecified atom stereocenters. The molecule has 8 heteroatoms. The molecule has 24 heavy (non-hydrogen) atoms. The highest BCUT2D eigenvalue weighted by atomic mass is 31.2. The minimum absolute atomic E-state index is 0.318. The molecule has 0 N–H and O–H groups in total. The van der Waals surface area contributed by atoms with Crippen LogP contribution < -0.4 is 5.30 Å². The van der Waals surface area contributed by atoms with Crippen molar-refractivity contribution in [2.45, 2.75) is 30.7 Å². The Balaban J connectivity index is 1.93. The summed E-state index contributed by atoms with van der Waals surface area (Å²) in [4.78, 5) is 0. The van der Waals surface area contributed by atoms with Crippen LogP contribution in [0.3, 0.4) is 0 Å². The van der Waals surface area contributed by atoms with E-state index in [0.29, 0.717) is 11.8 Å². The van der Waals surface area contributed by atoms with Crippen LogP contribution in [0.5, 0.6) is 0 Å². The summed E-state index contributed by atoms with van der Waals surface area (Å²) in [5.41, 5.74) is 0. The maximum Gasteiger partial charge on any atom is 0.302 e. The molecule has 2 saturated heterocycles. The van der Waals surface area contributed by atoms with E-state index < -0.39 is 32.1 Å². The molecule has 2 fully saturated rings. The number of fused-ring (bicyclic) bond motifs is 1.